The zero-order valence-electron chi connectivity index (χ0n) is 14.3. The Kier molecular flexibility index (Phi) is 13.7. The molecule has 0 aromatic heterocycles. The van der Waals surface area contributed by atoms with Gasteiger partial charge in [-0.3, -0.25) is 4.90 Å². The Hall–Kier alpha value is -0.160. The highest BCUT2D eigenvalue weighted by Gasteiger charge is 2.16. The quantitative estimate of drug-likeness (QED) is 0.498. The van der Waals surface area contributed by atoms with Crippen LogP contribution >= 0.6 is 0 Å². The SMILES string of the molecule is CCOCCN(CCOCC)C(CC)CNCC(C)C. The predicted molar refractivity (Wildman–Crippen MR) is 86.3 cm³/mol. The van der Waals surface area contributed by atoms with Gasteiger partial charge in [0.05, 0.1) is 13.2 Å². The molecule has 4 nitrogen and oxygen atoms in total. The molecule has 0 radical (unpaired) electrons. The number of rotatable bonds is 14. The van der Waals surface area contributed by atoms with Gasteiger partial charge in [-0.05, 0) is 32.7 Å². The van der Waals surface area contributed by atoms with Crippen LogP contribution in [0.15, 0.2) is 0 Å². The number of nitrogens with zero attached hydrogens (tertiary/aromatic N) is 1. The minimum Gasteiger partial charge on any atom is -0.380 e. The summed E-state index contributed by atoms with van der Waals surface area (Å²) in [6.07, 6.45) is 1.16. The minimum absolute atomic E-state index is 0.565. The maximum Gasteiger partial charge on any atom is 0.0593 e. The zero-order chi connectivity index (χ0) is 15.2. The average Bonchev–Trinajstić information content (AvgIpc) is 2.42. The topological polar surface area (TPSA) is 33.7 Å². The summed E-state index contributed by atoms with van der Waals surface area (Å²) in [5.41, 5.74) is 0. The van der Waals surface area contributed by atoms with Gasteiger partial charge in [0, 0.05) is 38.9 Å². The van der Waals surface area contributed by atoms with Crippen LogP contribution in [0.5, 0.6) is 0 Å². The van der Waals surface area contributed by atoms with E-state index < -0.39 is 0 Å². The molecule has 0 bridgehead atoms. The summed E-state index contributed by atoms with van der Waals surface area (Å²) in [7, 11) is 0. The first-order valence-corrected chi connectivity index (χ1v) is 8.25. The third kappa shape index (κ3) is 10.6. The molecule has 0 aliphatic heterocycles. The second-order valence-electron chi connectivity index (χ2n) is 5.54. The van der Waals surface area contributed by atoms with E-state index in [4.69, 9.17) is 9.47 Å². The Morgan fingerprint density at radius 1 is 0.900 bits per heavy atom. The van der Waals surface area contributed by atoms with Crippen LogP contribution in [0.25, 0.3) is 0 Å². The molecule has 4 heteroatoms. The van der Waals surface area contributed by atoms with Gasteiger partial charge in [0.25, 0.3) is 0 Å². The fraction of sp³-hybridized carbons (Fsp3) is 1.00. The Bertz CT molecular complexity index is 191. The van der Waals surface area contributed by atoms with Crippen LogP contribution in [0.4, 0.5) is 0 Å². The van der Waals surface area contributed by atoms with E-state index in [2.05, 4.69) is 31.0 Å². The standard InChI is InChI=1S/C16H36N2O2/c1-6-16(14-17-13-15(4)5)18(9-11-19-7-2)10-12-20-8-3/h15-17H,6-14H2,1-5H3. The van der Waals surface area contributed by atoms with Crippen molar-refractivity contribution < 1.29 is 9.47 Å². The smallest absolute Gasteiger partial charge is 0.0593 e. The van der Waals surface area contributed by atoms with E-state index in [1.807, 2.05) is 13.8 Å². The fourth-order valence-corrected chi connectivity index (χ4v) is 2.20. The second-order valence-corrected chi connectivity index (χ2v) is 5.54. The highest BCUT2D eigenvalue weighted by molar-refractivity contribution is 4.73. The number of ether oxygens (including phenoxy) is 2. The molecule has 0 saturated carbocycles. The molecular formula is C16H36N2O2. The van der Waals surface area contributed by atoms with Gasteiger partial charge in [-0.2, -0.15) is 0 Å². The Morgan fingerprint density at radius 3 is 1.85 bits per heavy atom. The molecule has 1 unspecified atom stereocenters. The molecule has 0 aromatic carbocycles. The highest BCUT2D eigenvalue weighted by Crippen LogP contribution is 2.04. The minimum atomic E-state index is 0.565. The summed E-state index contributed by atoms with van der Waals surface area (Å²) in [5, 5.41) is 3.57. The molecule has 0 aromatic rings. The Balaban J connectivity index is 4.19. The van der Waals surface area contributed by atoms with Gasteiger partial charge in [-0.15, -0.1) is 0 Å². The zero-order valence-corrected chi connectivity index (χ0v) is 14.3. The first-order chi connectivity index (χ1) is 9.65. The van der Waals surface area contributed by atoms with E-state index in [1.54, 1.807) is 0 Å². The third-order valence-electron chi connectivity index (χ3n) is 3.37. The van der Waals surface area contributed by atoms with E-state index in [1.165, 1.54) is 0 Å². The van der Waals surface area contributed by atoms with E-state index in [-0.39, 0.29) is 0 Å². The van der Waals surface area contributed by atoms with Crippen molar-refractivity contribution in [3.63, 3.8) is 0 Å². The molecule has 20 heavy (non-hydrogen) atoms. The lowest BCUT2D eigenvalue weighted by molar-refractivity contribution is 0.0612. The van der Waals surface area contributed by atoms with E-state index in [9.17, 15) is 0 Å². The molecule has 0 amide bonds. The van der Waals surface area contributed by atoms with Crippen molar-refractivity contribution in [3.05, 3.63) is 0 Å². The predicted octanol–water partition coefficient (Wildman–Crippen LogP) is 2.39. The molecule has 0 spiro atoms. The molecule has 0 aliphatic carbocycles. The Labute approximate surface area is 126 Å². The molecule has 0 rings (SSSR count). The third-order valence-corrected chi connectivity index (χ3v) is 3.37. The van der Waals surface area contributed by atoms with Crippen LogP contribution in [-0.4, -0.2) is 63.5 Å². The van der Waals surface area contributed by atoms with Crippen molar-refractivity contribution in [2.45, 2.75) is 47.1 Å². The van der Waals surface area contributed by atoms with Gasteiger partial charge < -0.3 is 14.8 Å². The molecule has 0 heterocycles. The molecular weight excluding hydrogens is 252 g/mol. The van der Waals surface area contributed by atoms with E-state index in [0.717, 1.165) is 59.0 Å². The summed E-state index contributed by atoms with van der Waals surface area (Å²) in [4.78, 5) is 2.50. The van der Waals surface area contributed by atoms with E-state index in [0.29, 0.717) is 12.0 Å². The number of hydrogen-bond acceptors (Lipinski definition) is 4. The van der Waals surface area contributed by atoms with Crippen LogP contribution in [-0.2, 0) is 9.47 Å². The molecule has 1 atom stereocenters. The van der Waals surface area contributed by atoms with Crippen molar-refractivity contribution in [3.8, 4) is 0 Å². The van der Waals surface area contributed by atoms with Crippen molar-refractivity contribution in [2.75, 3.05) is 52.6 Å². The largest absolute Gasteiger partial charge is 0.380 e. The molecule has 1 N–H and O–H groups in total. The van der Waals surface area contributed by atoms with Gasteiger partial charge in [0.1, 0.15) is 0 Å². The van der Waals surface area contributed by atoms with Crippen LogP contribution < -0.4 is 5.32 Å². The van der Waals surface area contributed by atoms with Crippen LogP contribution in [0.3, 0.4) is 0 Å². The normalized spacial score (nSPS) is 13.3. The van der Waals surface area contributed by atoms with Gasteiger partial charge in [-0.25, -0.2) is 0 Å². The number of nitrogens with one attached hydrogen (secondary N) is 1. The maximum absolute atomic E-state index is 5.50. The molecule has 0 saturated heterocycles. The van der Waals surface area contributed by atoms with E-state index >= 15 is 0 Å². The van der Waals surface area contributed by atoms with Crippen molar-refractivity contribution in [2.24, 2.45) is 5.92 Å². The summed E-state index contributed by atoms with van der Waals surface area (Å²) < 4.78 is 11.0. The lowest BCUT2D eigenvalue weighted by Gasteiger charge is -2.31. The van der Waals surface area contributed by atoms with Crippen molar-refractivity contribution in [1.29, 1.82) is 0 Å². The lowest BCUT2D eigenvalue weighted by Crippen LogP contribution is -2.45. The summed E-state index contributed by atoms with van der Waals surface area (Å²) in [6, 6.07) is 0.565. The van der Waals surface area contributed by atoms with Gasteiger partial charge in [0.15, 0.2) is 0 Å². The van der Waals surface area contributed by atoms with Crippen LogP contribution in [0.1, 0.15) is 41.0 Å². The Morgan fingerprint density at radius 2 is 1.45 bits per heavy atom. The van der Waals surface area contributed by atoms with Crippen LogP contribution in [0.2, 0.25) is 0 Å². The van der Waals surface area contributed by atoms with Crippen LogP contribution in [0, 0.1) is 5.92 Å². The molecule has 122 valence electrons. The van der Waals surface area contributed by atoms with Gasteiger partial charge in [-0.1, -0.05) is 20.8 Å². The second kappa shape index (κ2) is 13.8. The number of hydrogen-bond donors (Lipinski definition) is 1. The average molecular weight is 288 g/mol. The highest BCUT2D eigenvalue weighted by atomic mass is 16.5. The van der Waals surface area contributed by atoms with Gasteiger partial charge in [0.2, 0.25) is 0 Å². The summed E-state index contributed by atoms with van der Waals surface area (Å²) in [5.74, 6) is 0.702. The summed E-state index contributed by atoms with van der Waals surface area (Å²) in [6.45, 7) is 18.2. The fourth-order valence-electron chi connectivity index (χ4n) is 2.20. The summed E-state index contributed by atoms with van der Waals surface area (Å²) >= 11 is 0. The molecule has 0 aliphatic rings. The maximum atomic E-state index is 5.50. The van der Waals surface area contributed by atoms with Crippen molar-refractivity contribution in [1.82, 2.24) is 10.2 Å². The van der Waals surface area contributed by atoms with Crippen molar-refractivity contribution >= 4 is 0 Å². The first-order valence-electron chi connectivity index (χ1n) is 8.25. The monoisotopic (exact) mass is 288 g/mol. The lowest BCUT2D eigenvalue weighted by atomic mass is 10.1. The first kappa shape index (κ1) is 19.8. The van der Waals surface area contributed by atoms with Gasteiger partial charge >= 0.3 is 0 Å². The molecule has 0 fully saturated rings.